The minimum atomic E-state index is 0.0265. The van der Waals surface area contributed by atoms with Gasteiger partial charge >= 0.3 is 0 Å². The van der Waals surface area contributed by atoms with Gasteiger partial charge in [0.25, 0.3) is 5.91 Å². The van der Waals surface area contributed by atoms with Crippen LogP contribution in [0.1, 0.15) is 48.5 Å². The van der Waals surface area contributed by atoms with E-state index in [-0.39, 0.29) is 12.0 Å². The number of hydrogen-bond donors (Lipinski definition) is 0. The first-order valence-electron chi connectivity index (χ1n) is 9.27. The number of benzene rings is 2. The maximum Gasteiger partial charge on any atom is 0.257 e. The Balaban J connectivity index is 1.78. The van der Waals surface area contributed by atoms with E-state index in [1.54, 1.807) is 13.2 Å². The Labute approximate surface area is 155 Å². The highest BCUT2D eigenvalue weighted by Gasteiger charge is 2.27. The molecule has 0 N–H and O–H groups in total. The largest absolute Gasteiger partial charge is 0.496 e. The predicted octanol–water partition coefficient (Wildman–Crippen LogP) is 4.50. The molecule has 1 aliphatic rings. The van der Waals surface area contributed by atoms with Gasteiger partial charge in [-0.05, 0) is 44.4 Å². The average Bonchev–Trinajstić information content (AvgIpc) is 2.67. The number of rotatable bonds is 5. The van der Waals surface area contributed by atoms with Gasteiger partial charge in [0.05, 0.1) is 18.8 Å². The highest BCUT2D eigenvalue weighted by molar-refractivity contribution is 5.97. The normalized spacial score (nSPS) is 17.2. The molecule has 4 heteroatoms. The number of amides is 1. The predicted molar refractivity (Wildman–Crippen MR) is 103 cm³/mol. The Kier molecular flexibility index (Phi) is 5.82. The standard InChI is InChI=1S/C22H27NO3/c1-16(2)26-19-11-12-20(21(14-19)25-3)22(24)23-13-7-10-18(15-23)17-8-5-4-6-9-17/h4-6,8-9,11-12,14,16,18H,7,10,13,15H2,1-3H3. The van der Waals surface area contributed by atoms with Gasteiger partial charge in [0, 0.05) is 25.1 Å². The number of piperidine rings is 1. The van der Waals surface area contributed by atoms with Crippen molar-refractivity contribution in [2.24, 2.45) is 0 Å². The molecule has 1 atom stereocenters. The SMILES string of the molecule is COc1cc(OC(C)C)ccc1C(=O)N1CCCC(c2ccccc2)C1. The molecule has 0 radical (unpaired) electrons. The van der Waals surface area contributed by atoms with E-state index in [1.807, 2.05) is 36.9 Å². The monoisotopic (exact) mass is 353 g/mol. The van der Waals surface area contributed by atoms with E-state index in [0.717, 1.165) is 25.9 Å². The molecule has 0 saturated carbocycles. The summed E-state index contributed by atoms with van der Waals surface area (Å²) in [5, 5.41) is 0. The summed E-state index contributed by atoms with van der Waals surface area (Å²) in [6.45, 7) is 5.48. The van der Waals surface area contributed by atoms with Crippen LogP contribution in [0.25, 0.3) is 0 Å². The summed E-state index contributed by atoms with van der Waals surface area (Å²) >= 11 is 0. The lowest BCUT2D eigenvalue weighted by Gasteiger charge is -2.33. The third kappa shape index (κ3) is 4.18. The molecule has 138 valence electrons. The number of hydrogen-bond acceptors (Lipinski definition) is 3. The van der Waals surface area contributed by atoms with Crippen LogP contribution in [0, 0.1) is 0 Å². The molecule has 1 amide bonds. The number of likely N-dealkylation sites (tertiary alicyclic amines) is 1. The topological polar surface area (TPSA) is 38.8 Å². The van der Waals surface area contributed by atoms with Gasteiger partial charge in [-0.2, -0.15) is 0 Å². The van der Waals surface area contributed by atoms with Crippen LogP contribution in [0.3, 0.4) is 0 Å². The van der Waals surface area contributed by atoms with Gasteiger partial charge in [-0.15, -0.1) is 0 Å². The summed E-state index contributed by atoms with van der Waals surface area (Å²) in [5.74, 6) is 1.70. The first kappa shape index (κ1) is 18.3. The number of carbonyl (C=O) groups excluding carboxylic acids is 1. The lowest BCUT2D eigenvalue weighted by molar-refractivity contribution is 0.0703. The van der Waals surface area contributed by atoms with Crippen LogP contribution in [-0.4, -0.2) is 37.1 Å². The average molecular weight is 353 g/mol. The molecule has 4 nitrogen and oxygen atoms in total. The molecule has 0 spiro atoms. The zero-order valence-corrected chi connectivity index (χ0v) is 15.8. The van der Waals surface area contributed by atoms with Crippen molar-refractivity contribution in [3.63, 3.8) is 0 Å². The van der Waals surface area contributed by atoms with E-state index in [4.69, 9.17) is 9.47 Å². The molecule has 1 saturated heterocycles. The number of ether oxygens (including phenoxy) is 2. The van der Waals surface area contributed by atoms with Gasteiger partial charge in [0.1, 0.15) is 11.5 Å². The Morgan fingerprint density at radius 2 is 1.92 bits per heavy atom. The summed E-state index contributed by atoms with van der Waals surface area (Å²) in [5.41, 5.74) is 1.90. The van der Waals surface area contributed by atoms with Crippen LogP contribution in [0.2, 0.25) is 0 Å². The highest BCUT2D eigenvalue weighted by Crippen LogP contribution is 2.31. The molecular weight excluding hydrogens is 326 g/mol. The second-order valence-corrected chi connectivity index (χ2v) is 7.03. The second kappa shape index (κ2) is 8.26. The number of nitrogens with zero attached hydrogens (tertiary/aromatic N) is 1. The van der Waals surface area contributed by atoms with Crippen molar-refractivity contribution in [1.29, 1.82) is 0 Å². The van der Waals surface area contributed by atoms with E-state index in [9.17, 15) is 4.79 Å². The summed E-state index contributed by atoms with van der Waals surface area (Å²) < 4.78 is 11.2. The Morgan fingerprint density at radius 3 is 2.62 bits per heavy atom. The summed E-state index contributed by atoms with van der Waals surface area (Å²) in [4.78, 5) is 15.0. The third-order valence-electron chi connectivity index (χ3n) is 4.75. The molecule has 2 aromatic carbocycles. The quantitative estimate of drug-likeness (QED) is 0.794. The van der Waals surface area contributed by atoms with E-state index in [0.29, 0.717) is 23.0 Å². The van der Waals surface area contributed by atoms with Crippen molar-refractivity contribution >= 4 is 5.91 Å². The third-order valence-corrected chi connectivity index (χ3v) is 4.75. The molecular formula is C22H27NO3. The summed E-state index contributed by atoms with van der Waals surface area (Å²) in [7, 11) is 1.59. The first-order chi connectivity index (χ1) is 12.6. The van der Waals surface area contributed by atoms with Gasteiger partial charge in [0.2, 0.25) is 0 Å². The lowest BCUT2D eigenvalue weighted by Crippen LogP contribution is -2.39. The van der Waals surface area contributed by atoms with Crippen molar-refractivity contribution in [1.82, 2.24) is 4.90 Å². The van der Waals surface area contributed by atoms with Crippen molar-refractivity contribution in [3.8, 4) is 11.5 Å². The Bertz CT molecular complexity index is 742. The highest BCUT2D eigenvalue weighted by atomic mass is 16.5. The smallest absolute Gasteiger partial charge is 0.257 e. The van der Waals surface area contributed by atoms with Gasteiger partial charge in [-0.1, -0.05) is 30.3 Å². The van der Waals surface area contributed by atoms with Gasteiger partial charge in [0.15, 0.2) is 0 Å². The van der Waals surface area contributed by atoms with E-state index >= 15 is 0 Å². The fourth-order valence-electron chi connectivity index (χ4n) is 3.52. The minimum Gasteiger partial charge on any atom is -0.496 e. The van der Waals surface area contributed by atoms with Crippen molar-refractivity contribution in [2.75, 3.05) is 20.2 Å². The maximum absolute atomic E-state index is 13.1. The fraction of sp³-hybridized carbons (Fsp3) is 0.409. The van der Waals surface area contributed by atoms with Crippen LogP contribution < -0.4 is 9.47 Å². The number of carbonyl (C=O) groups is 1. The van der Waals surface area contributed by atoms with E-state index < -0.39 is 0 Å². The first-order valence-corrected chi connectivity index (χ1v) is 9.27. The van der Waals surface area contributed by atoms with Crippen molar-refractivity contribution < 1.29 is 14.3 Å². The minimum absolute atomic E-state index is 0.0265. The summed E-state index contributed by atoms with van der Waals surface area (Å²) in [6, 6.07) is 15.9. The molecule has 3 rings (SSSR count). The molecule has 2 aromatic rings. The molecule has 0 bridgehead atoms. The molecule has 1 fully saturated rings. The second-order valence-electron chi connectivity index (χ2n) is 7.03. The van der Waals surface area contributed by atoms with Crippen molar-refractivity contribution in [3.05, 3.63) is 59.7 Å². The maximum atomic E-state index is 13.1. The van der Waals surface area contributed by atoms with Crippen LogP contribution in [0.5, 0.6) is 11.5 Å². The molecule has 0 aromatic heterocycles. The molecule has 1 aliphatic heterocycles. The zero-order valence-electron chi connectivity index (χ0n) is 15.8. The lowest BCUT2D eigenvalue weighted by atomic mass is 9.90. The van der Waals surface area contributed by atoms with Crippen LogP contribution in [0.15, 0.2) is 48.5 Å². The van der Waals surface area contributed by atoms with E-state index in [2.05, 4.69) is 24.3 Å². The molecule has 0 aliphatic carbocycles. The Hall–Kier alpha value is -2.49. The Morgan fingerprint density at radius 1 is 1.15 bits per heavy atom. The van der Waals surface area contributed by atoms with Crippen LogP contribution >= 0.6 is 0 Å². The van der Waals surface area contributed by atoms with Gasteiger partial charge in [-0.3, -0.25) is 4.79 Å². The van der Waals surface area contributed by atoms with Gasteiger partial charge in [-0.25, -0.2) is 0 Å². The van der Waals surface area contributed by atoms with Crippen LogP contribution in [0.4, 0.5) is 0 Å². The zero-order chi connectivity index (χ0) is 18.5. The number of methoxy groups -OCH3 is 1. The summed E-state index contributed by atoms with van der Waals surface area (Å²) in [6.07, 6.45) is 2.21. The molecule has 26 heavy (non-hydrogen) atoms. The van der Waals surface area contributed by atoms with Crippen LogP contribution in [-0.2, 0) is 0 Å². The molecule has 1 heterocycles. The molecule has 1 unspecified atom stereocenters. The van der Waals surface area contributed by atoms with Crippen molar-refractivity contribution in [2.45, 2.75) is 38.7 Å². The van der Waals surface area contributed by atoms with Gasteiger partial charge < -0.3 is 14.4 Å². The fourth-order valence-corrected chi connectivity index (χ4v) is 3.52. The van der Waals surface area contributed by atoms with E-state index in [1.165, 1.54) is 5.56 Å².